The summed E-state index contributed by atoms with van der Waals surface area (Å²) in [5, 5.41) is 10.9. The minimum Gasteiger partial charge on any atom is -0.369 e. The molecule has 2 heterocycles. The minimum absolute atomic E-state index is 0.0676. The first kappa shape index (κ1) is 17.0. The average Bonchev–Trinajstić information content (AvgIpc) is 2.89. The van der Waals surface area contributed by atoms with Gasteiger partial charge in [0.1, 0.15) is 0 Å². The maximum atomic E-state index is 12.7. The highest BCUT2D eigenvalue weighted by molar-refractivity contribution is 6.22. The van der Waals surface area contributed by atoms with Gasteiger partial charge in [-0.25, -0.2) is 4.90 Å². The lowest BCUT2D eigenvalue weighted by atomic mass is 9.95. The molecule has 1 atom stereocenters. The number of nitro groups is 1. The second-order valence-corrected chi connectivity index (χ2v) is 6.44. The molecule has 2 fully saturated rings. The summed E-state index contributed by atoms with van der Waals surface area (Å²) in [7, 11) is 0. The number of carbonyl (C=O) groups is 3. The number of amides is 3. The topological polar surface area (TPSA) is 128 Å². The Morgan fingerprint density at radius 2 is 1.96 bits per heavy atom. The summed E-state index contributed by atoms with van der Waals surface area (Å²) in [5.74, 6) is -1.21. The SMILES string of the molecule is NC(=O)C1CC[NH+]([C@@H]2CC(=O)N(c3cccc([N+](=O)[O-])c3)C2=O)CC1. The fourth-order valence-electron chi connectivity index (χ4n) is 3.59. The number of piperidine rings is 1. The van der Waals surface area contributed by atoms with Crippen LogP contribution >= 0.6 is 0 Å². The number of nitro benzene ring substituents is 1. The van der Waals surface area contributed by atoms with E-state index in [1.165, 1.54) is 24.3 Å². The molecular weight excluding hydrogens is 328 g/mol. The van der Waals surface area contributed by atoms with E-state index in [2.05, 4.69) is 0 Å². The molecule has 2 saturated heterocycles. The lowest BCUT2D eigenvalue weighted by Crippen LogP contribution is -3.17. The van der Waals surface area contributed by atoms with Gasteiger partial charge in [0.15, 0.2) is 6.04 Å². The van der Waals surface area contributed by atoms with Crippen LogP contribution in [0.4, 0.5) is 11.4 Å². The Balaban J connectivity index is 1.76. The number of hydrogen-bond acceptors (Lipinski definition) is 5. The predicted octanol–water partition coefficient (Wildman–Crippen LogP) is -0.993. The number of quaternary nitrogens is 1. The second-order valence-electron chi connectivity index (χ2n) is 6.44. The summed E-state index contributed by atoms with van der Waals surface area (Å²) in [5.41, 5.74) is 5.37. The van der Waals surface area contributed by atoms with E-state index in [0.29, 0.717) is 25.9 Å². The third-order valence-electron chi connectivity index (χ3n) is 4.97. The molecule has 0 radical (unpaired) electrons. The zero-order valence-corrected chi connectivity index (χ0v) is 13.5. The van der Waals surface area contributed by atoms with Crippen molar-refractivity contribution in [2.45, 2.75) is 25.3 Å². The standard InChI is InChI=1S/C16H18N4O5/c17-15(22)10-4-6-18(7-5-10)13-9-14(21)19(16(13)23)11-2-1-3-12(8-11)20(24)25/h1-3,8,10,13H,4-7,9H2,(H2,17,22)/p+1/t13-/m1/s1. The summed E-state index contributed by atoms with van der Waals surface area (Å²) in [6.45, 7) is 1.19. The minimum atomic E-state index is -0.564. The van der Waals surface area contributed by atoms with Crippen LogP contribution in [0.5, 0.6) is 0 Å². The van der Waals surface area contributed by atoms with Crippen molar-refractivity contribution >= 4 is 29.1 Å². The van der Waals surface area contributed by atoms with Gasteiger partial charge < -0.3 is 10.6 Å². The molecule has 9 nitrogen and oxygen atoms in total. The molecule has 0 saturated carbocycles. The Bertz CT molecular complexity index is 742. The van der Waals surface area contributed by atoms with Crippen molar-refractivity contribution < 1.29 is 24.2 Å². The van der Waals surface area contributed by atoms with E-state index in [4.69, 9.17) is 5.73 Å². The Morgan fingerprint density at radius 3 is 2.56 bits per heavy atom. The molecular formula is C16H19N4O5+. The van der Waals surface area contributed by atoms with Crippen LogP contribution < -0.4 is 15.5 Å². The van der Waals surface area contributed by atoms with Gasteiger partial charge in [0.2, 0.25) is 11.8 Å². The number of likely N-dealkylation sites (tertiary alicyclic amines) is 1. The predicted molar refractivity (Wildman–Crippen MR) is 86.6 cm³/mol. The highest BCUT2D eigenvalue weighted by Crippen LogP contribution is 2.26. The number of non-ortho nitro benzene ring substituents is 1. The Hall–Kier alpha value is -2.81. The van der Waals surface area contributed by atoms with Crippen LogP contribution in [0, 0.1) is 16.0 Å². The van der Waals surface area contributed by atoms with Crippen LogP contribution in [0.15, 0.2) is 24.3 Å². The van der Waals surface area contributed by atoms with Crippen molar-refractivity contribution in [2.75, 3.05) is 18.0 Å². The summed E-state index contributed by atoms with van der Waals surface area (Å²) in [6, 6.07) is 4.99. The number of hydrogen-bond donors (Lipinski definition) is 2. The Morgan fingerprint density at radius 1 is 1.28 bits per heavy atom. The number of imide groups is 1. The van der Waals surface area contributed by atoms with Crippen molar-refractivity contribution in [1.29, 1.82) is 0 Å². The third kappa shape index (κ3) is 3.22. The van der Waals surface area contributed by atoms with Crippen LogP contribution in [0.25, 0.3) is 0 Å². The van der Waals surface area contributed by atoms with Crippen LogP contribution in [0.1, 0.15) is 19.3 Å². The summed E-state index contributed by atoms with van der Waals surface area (Å²) in [4.78, 5) is 48.7. The van der Waals surface area contributed by atoms with Crippen molar-refractivity contribution in [2.24, 2.45) is 11.7 Å². The molecule has 1 aromatic rings. The number of rotatable bonds is 4. The smallest absolute Gasteiger partial charge is 0.292 e. The van der Waals surface area contributed by atoms with E-state index >= 15 is 0 Å². The number of nitrogens with zero attached hydrogens (tertiary/aromatic N) is 2. The molecule has 0 aliphatic carbocycles. The lowest BCUT2D eigenvalue weighted by Gasteiger charge is -2.30. The van der Waals surface area contributed by atoms with Crippen LogP contribution in [-0.4, -0.2) is 41.8 Å². The van der Waals surface area contributed by atoms with Gasteiger partial charge in [-0.05, 0) is 6.07 Å². The number of benzene rings is 1. The first-order valence-corrected chi connectivity index (χ1v) is 8.13. The fraction of sp³-hybridized carbons (Fsp3) is 0.438. The Labute approximate surface area is 143 Å². The second kappa shape index (κ2) is 6.60. The van der Waals surface area contributed by atoms with E-state index in [9.17, 15) is 24.5 Å². The number of primary amides is 1. The lowest BCUT2D eigenvalue weighted by molar-refractivity contribution is -0.920. The van der Waals surface area contributed by atoms with Gasteiger partial charge in [-0.1, -0.05) is 6.07 Å². The molecule has 3 N–H and O–H groups in total. The molecule has 132 valence electrons. The van der Waals surface area contributed by atoms with E-state index < -0.39 is 11.0 Å². The van der Waals surface area contributed by atoms with E-state index in [0.717, 1.165) is 9.80 Å². The first-order chi connectivity index (χ1) is 11.9. The highest BCUT2D eigenvalue weighted by atomic mass is 16.6. The third-order valence-corrected chi connectivity index (χ3v) is 4.97. The van der Waals surface area contributed by atoms with E-state index in [1.54, 1.807) is 0 Å². The van der Waals surface area contributed by atoms with Crippen LogP contribution in [0.2, 0.25) is 0 Å². The fourth-order valence-corrected chi connectivity index (χ4v) is 3.59. The molecule has 25 heavy (non-hydrogen) atoms. The van der Waals surface area contributed by atoms with E-state index in [1.807, 2.05) is 0 Å². The normalized spacial score (nSPS) is 26.7. The molecule has 3 amide bonds. The molecule has 3 rings (SSSR count). The summed E-state index contributed by atoms with van der Waals surface area (Å²) >= 11 is 0. The molecule has 0 bridgehead atoms. The zero-order valence-electron chi connectivity index (χ0n) is 13.5. The molecule has 0 aromatic heterocycles. The Kier molecular flexibility index (Phi) is 4.49. The largest absolute Gasteiger partial charge is 0.369 e. The highest BCUT2D eigenvalue weighted by Gasteiger charge is 2.47. The number of nitrogens with one attached hydrogen (secondary N) is 1. The van der Waals surface area contributed by atoms with Crippen molar-refractivity contribution in [1.82, 2.24) is 0 Å². The van der Waals surface area contributed by atoms with E-state index in [-0.39, 0.29) is 41.4 Å². The van der Waals surface area contributed by atoms with Gasteiger partial charge in [0.25, 0.3) is 11.6 Å². The molecule has 2 aliphatic heterocycles. The molecule has 2 aliphatic rings. The number of nitrogens with two attached hydrogens (primary N) is 1. The van der Waals surface area contributed by atoms with Gasteiger partial charge in [-0.2, -0.15) is 0 Å². The van der Waals surface area contributed by atoms with Crippen molar-refractivity contribution in [3.63, 3.8) is 0 Å². The molecule has 9 heteroatoms. The average molecular weight is 347 g/mol. The van der Waals surface area contributed by atoms with Gasteiger partial charge >= 0.3 is 0 Å². The van der Waals surface area contributed by atoms with Crippen molar-refractivity contribution in [3.8, 4) is 0 Å². The van der Waals surface area contributed by atoms with Gasteiger partial charge in [0.05, 0.1) is 30.1 Å². The summed E-state index contributed by atoms with van der Waals surface area (Å²) < 4.78 is 0. The zero-order chi connectivity index (χ0) is 18.1. The number of anilines is 1. The summed E-state index contributed by atoms with van der Waals surface area (Å²) in [6.07, 6.45) is 1.26. The first-order valence-electron chi connectivity index (χ1n) is 8.13. The van der Waals surface area contributed by atoms with Gasteiger partial charge in [0, 0.05) is 30.9 Å². The van der Waals surface area contributed by atoms with Crippen LogP contribution in [-0.2, 0) is 14.4 Å². The van der Waals surface area contributed by atoms with Crippen molar-refractivity contribution in [3.05, 3.63) is 34.4 Å². The van der Waals surface area contributed by atoms with Crippen LogP contribution in [0.3, 0.4) is 0 Å². The maximum absolute atomic E-state index is 12.7. The number of carbonyl (C=O) groups excluding carboxylic acids is 3. The maximum Gasteiger partial charge on any atom is 0.292 e. The van der Waals surface area contributed by atoms with Gasteiger partial charge in [-0.15, -0.1) is 0 Å². The molecule has 1 aromatic carbocycles. The molecule has 0 spiro atoms. The monoisotopic (exact) mass is 347 g/mol. The molecule has 0 unspecified atom stereocenters. The quantitative estimate of drug-likeness (QED) is 0.410. The van der Waals surface area contributed by atoms with Gasteiger partial charge in [-0.3, -0.25) is 24.5 Å².